The van der Waals surface area contributed by atoms with Crippen molar-refractivity contribution in [1.82, 2.24) is 4.90 Å². The molecule has 296 valence electrons. The monoisotopic (exact) mass is 778 g/mol. The molecule has 0 aromatic carbocycles. The quantitative estimate of drug-likeness (QED) is 0.281. The maximum absolute atomic E-state index is 6.93. The molecular formula is C48H75NOS3. The van der Waals surface area contributed by atoms with Crippen molar-refractivity contribution in [3.63, 3.8) is 0 Å². The molecule has 0 amide bonds. The van der Waals surface area contributed by atoms with E-state index in [1.165, 1.54) is 77.0 Å². The highest BCUT2D eigenvalue weighted by atomic mass is 32.2. The van der Waals surface area contributed by atoms with Gasteiger partial charge in [0.05, 0.1) is 12.2 Å². The zero-order chi connectivity index (χ0) is 34.6. The van der Waals surface area contributed by atoms with Crippen molar-refractivity contribution < 1.29 is 4.74 Å². The Hall–Kier alpha value is 0.970. The Kier molecular flexibility index (Phi) is 10.1. The van der Waals surface area contributed by atoms with Crippen LogP contribution < -0.4 is 0 Å². The van der Waals surface area contributed by atoms with Gasteiger partial charge in [0.1, 0.15) is 0 Å². The van der Waals surface area contributed by atoms with E-state index in [9.17, 15) is 0 Å². The van der Waals surface area contributed by atoms with Crippen molar-refractivity contribution in [3.05, 3.63) is 0 Å². The van der Waals surface area contributed by atoms with Crippen LogP contribution in [0.3, 0.4) is 0 Å². The highest BCUT2D eigenvalue weighted by molar-refractivity contribution is 8.01. The summed E-state index contributed by atoms with van der Waals surface area (Å²) in [5.74, 6) is 10.1. The Balaban J connectivity index is 0.834. The molecule has 0 bridgehead atoms. The van der Waals surface area contributed by atoms with Gasteiger partial charge in [-0.2, -0.15) is 35.3 Å². The lowest BCUT2D eigenvalue weighted by Crippen LogP contribution is -2.60. The van der Waals surface area contributed by atoms with E-state index in [1.807, 2.05) is 0 Å². The molecule has 53 heavy (non-hydrogen) atoms. The lowest BCUT2D eigenvalue weighted by Gasteiger charge is -2.54. The first-order chi connectivity index (χ1) is 26.3. The summed E-state index contributed by atoms with van der Waals surface area (Å²) in [6.07, 6.45) is 42.5. The summed E-state index contributed by atoms with van der Waals surface area (Å²) >= 11 is 7.81. The van der Waals surface area contributed by atoms with Crippen LogP contribution in [-0.4, -0.2) is 66.7 Å². The van der Waals surface area contributed by atoms with Crippen molar-refractivity contribution >= 4 is 35.3 Å². The van der Waals surface area contributed by atoms with E-state index in [2.05, 4.69) is 40.2 Å². The Morgan fingerprint density at radius 2 is 0.906 bits per heavy atom. The number of hydrogen-bond acceptors (Lipinski definition) is 5. The molecule has 5 heteroatoms. The minimum absolute atomic E-state index is 0.622. The van der Waals surface area contributed by atoms with Gasteiger partial charge >= 0.3 is 0 Å². The fourth-order valence-corrected chi connectivity index (χ4v) is 25.0. The molecule has 0 aromatic rings. The van der Waals surface area contributed by atoms with Crippen molar-refractivity contribution in [3.8, 4) is 0 Å². The smallest absolute Gasteiger partial charge is 0.0621 e. The number of fused-ring (bicyclic) bond motifs is 13. The largest absolute Gasteiger partial charge is 0.374 e. The van der Waals surface area contributed by atoms with Gasteiger partial charge in [-0.1, -0.05) is 70.6 Å². The van der Waals surface area contributed by atoms with Crippen molar-refractivity contribution in [2.45, 2.75) is 235 Å². The number of thioether (sulfide) groups is 3. The summed E-state index contributed by atoms with van der Waals surface area (Å²) in [5, 5.41) is 5.88. The molecule has 4 saturated heterocycles. The van der Waals surface area contributed by atoms with E-state index < -0.39 is 0 Å². The van der Waals surface area contributed by atoms with Gasteiger partial charge in [-0.05, 0) is 156 Å². The highest BCUT2D eigenvalue weighted by Crippen LogP contribution is 2.65. The van der Waals surface area contributed by atoms with Crippen LogP contribution in [-0.2, 0) is 4.74 Å². The average molecular weight is 778 g/mol. The highest BCUT2D eigenvalue weighted by Gasteiger charge is 2.61. The van der Waals surface area contributed by atoms with Crippen LogP contribution in [0.5, 0.6) is 0 Å². The van der Waals surface area contributed by atoms with Crippen LogP contribution in [0.4, 0.5) is 0 Å². The minimum atomic E-state index is 0.622. The molecule has 2 nitrogen and oxygen atoms in total. The van der Waals surface area contributed by atoms with Crippen LogP contribution in [0, 0.1) is 59.2 Å². The first-order valence-electron chi connectivity index (χ1n) is 24.7. The third-order valence-corrected chi connectivity index (χ3v) is 25.6. The summed E-state index contributed by atoms with van der Waals surface area (Å²) < 4.78 is 6.93. The van der Waals surface area contributed by atoms with Crippen LogP contribution in [0.2, 0.25) is 0 Å². The van der Waals surface area contributed by atoms with E-state index >= 15 is 0 Å². The van der Waals surface area contributed by atoms with Gasteiger partial charge in [0.25, 0.3) is 0 Å². The standard InChI is InChI=1S/C48H75NOS3/c1-4-22-40-37(15-1)44-41(50-40)26-25-36-35-17-8-16-30(45(35)53-48(36)44)28-11-7-12-29(27-28)49(38-20-9-18-33-31-13-2-5-23-42(31)51-46(33)38)39-21-10-19-34-32-14-3-6-24-43(32)52-47(34)39/h28-48H,1-27H2. The molecule has 21 unspecified atom stereocenters. The second kappa shape index (κ2) is 14.9. The van der Waals surface area contributed by atoms with E-state index in [4.69, 9.17) is 4.74 Å². The zero-order valence-corrected chi connectivity index (χ0v) is 35.7. The number of hydrogen-bond donors (Lipinski definition) is 0. The van der Waals surface area contributed by atoms with E-state index in [-0.39, 0.29) is 0 Å². The van der Waals surface area contributed by atoms with E-state index in [0.717, 1.165) is 109 Å². The van der Waals surface area contributed by atoms with Gasteiger partial charge in [0, 0.05) is 55.5 Å². The van der Waals surface area contributed by atoms with E-state index in [0.29, 0.717) is 12.2 Å². The fourth-order valence-electron chi connectivity index (χ4n) is 18.0. The van der Waals surface area contributed by atoms with Gasteiger partial charge in [0.15, 0.2) is 0 Å². The van der Waals surface area contributed by atoms with Crippen LogP contribution in [0.1, 0.15) is 173 Å². The Morgan fingerprint density at radius 1 is 0.358 bits per heavy atom. The Morgan fingerprint density at radius 3 is 1.62 bits per heavy atom. The Bertz CT molecular complexity index is 1260. The number of nitrogens with zero attached hydrogens (tertiary/aromatic N) is 1. The molecule has 4 aliphatic heterocycles. The summed E-state index contributed by atoms with van der Waals surface area (Å²) in [5.41, 5.74) is 0. The third kappa shape index (κ3) is 6.04. The lowest BCUT2D eigenvalue weighted by atomic mass is 9.62. The molecule has 21 atom stereocenters. The topological polar surface area (TPSA) is 12.5 Å². The summed E-state index contributed by atoms with van der Waals surface area (Å²) in [6, 6.07) is 2.67. The fraction of sp³-hybridized carbons (Fsp3) is 1.00. The summed E-state index contributed by atoms with van der Waals surface area (Å²) in [4.78, 5) is 3.53. The van der Waals surface area contributed by atoms with Gasteiger partial charge in [0.2, 0.25) is 0 Å². The molecule has 12 aliphatic rings. The molecule has 0 radical (unpaired) electrons. The molecule has 8 saturated carbocycles. The molecule has 0 aromatic heterocycles. The number of ether oxygens (including phenoxy) is 1. The third-order valence-electron chi connectivity index (χ3n) is 19.8. The average Bonchev–Trinajstić information content (AvgIpc) is 3.98. The molecular weight excluding hydrogens is 703 g/mol. The van der Waals surface area contributed by atoms with Crippen LogP contribution >= 0.6 is 35.3 Å². The second-order valence-electron chi connectivity index (χ2n) is 21.8. The first-order valence-corrected chi connectivity index (χ1v) is 27.5. The molecule has 4 heterocycles. The summed E-state index contributed by atoms with van der Waals surface area (Å²) in [6.45, 7) is 0. The van der Waals surface area contributed by atoms with Gasteiger partial charge in [-0.3, -0.25) is 4.90 Å². The molecule has 8 aliphatic carbocycles. The maximum atomic E-state index is 6.93. The van der Waals surface area contributed by atoms with Crippen molar-refractivity contribution in [1.29, 1.82) is 0 Å². The normalized spacial score (nSPS) is 57.3. The van der Waals surface area contributed by atoms with Crippen LogP contribution in [0.15, 0.2) is 0 Å². The van der Waals surface area contributed by atoms with Gasteiger partial charge < -0.3 is 4.74 Å². The molecule has 0 spiro atoms. The predicted octanol–water partition coefficient (Wildman–Crippen LogP) is 12.4. The van der Waals surface area contributed by atoms with Crippen molar-refractivity contribution in [2.24, 2.45) is 59.2 Å². The molecule has 12 rings (SSSR count). The second-order valence-corrected chi connectivity index (χ2v) is 26.0. The van der Waals surface area contributed by atoms with Gasteiger partial charge in [-0.25, -0.2) is 0 Å². The minimum Gasteiger partial charge on any atom is -0.374 e. The van der Waals surface area contributed by atoms with Crippen molar-refractivity contribution in [2.75, 3.05) is 0 Å². The van der Waals surface area contributed by atoms with E-state index in [1.54, 1.807) is 96.3 Å². The SMILES string of the molecule is C1CCC2C(C1)OC1CCC3C4CCCC(C5CCCC(N(C6CCCC7C8CCCCC8SC76)C6CCCC7C8CCCCC8SC76)C5)C4SC3C12. The first kappa shape index (κ1) is 35.9. The zero-order valence-electron chi connectivity index (χ0n) is 33.3. The lowest BCUT2D eigenvalue weighted by molar-refractivity contribution is -0.0155. The maximum Gasteiger partial charge on any atom is 0.0621 e. The molecule has 12 fully saturated rings. The number of rotatable bonds is 4. The molecule has 0 N–H and O–H groups in total. The Labute approximate surface area is 337 Å². The van der Waals surface area contributed by atoms with Crippen LogP contribution in [0.25, 0.3) is 0 Å². The predicted molar refractivity (Wildman–Crippen MR) is 227 cm³/mol. The van der Waals surface area contributed by atoms with Gasteiger partial charge in [-0.15, -0.1) is 0 Å². The summed E-state index contributed by atoms with van der Waals surface area (Å²) in [7, 11) is 0.